The van der Waals surface area contributed by atoms with Gasteiger partial charge in [0.1, 0.15) is 6.04 Å². The number of methoxy groups -OCH3 is 1. The molecule has 1 saturated heterocycles. The maximum absolute atomic E-state index is 12.5. The Kier molecular flexibility index (Phi) is 6.46. The Hall–Kier alpha value is -2.02. The fourth-order valence-corrected chi connectivity index (χ4v) is 3.17. The SMILES string of the molecule is COC(=O)CSCCC(=O)N1CCNC(=O)[C@@H]1c1ccccc1. The topological polar surface area (TPSA) is 75.7 Å². The minimum absolute atomic E-state index is 0.0777. The number of amides is 2. The molecule has 1 aromatic rings. The van der Waals surface area contributed by atoms with E-state index in [1.807, 2.05) is 30.3 Å². The Balaban J connectivity index is 1.96. The van der Waals surface area contributed by atoms with Crippen molar-refractivity contribution in [2.45, 2.75) is 12.5 Å². The lowest BCUT2D eigenvalue weighted by Gasteiger charge is -2.35. The highest BCUT2D eigenvalue weighted by atomic mass is 32.2. The Morgan fingerprint density at radius 1 is 1.35 bits per heavy atom. The molecule has 124 valence electrons. The van der Waals surface area contributed by atoms with Crippen LogP contribution in [0.4, 0.5) is 0 Å². The van der Waals surface area contributed by atoms with Crippen LogP contribution in [0.15, 0.2) is 30.3 Å². The highest BCUT2D eigenvalue weighted by Gasteiger charge is 2.33. The molecule has 1 fully saturated rings. The third kappa shape index (κ3) is 4.72. The molecule has 7 heteroatoms. The van der Waals surface area contributed by atoms with Crippen LogP contribution in [0.25, 0.3) is 0 Å². The zero-order chi connectivity index (χ0) is 16.7. The molecule has 0 unspecified atom stereocenters. The van der Waals surface area contributed by atoms with E-state index < -0.39 is 6.04 Å². The van der Waals surface area contributed by atoms with Crippen LogP contribution in [0.5, 0.6) is 0 Å². The molecule has 1 heterocycles. The number of nitrogens with zero attached hydrogens (tertiary/aromatic N) is 1. The molecule has 0 spiro atoms. The Bertz CT molecular complexity index is 564. The molecule has 0 radical (unpaired) electrons. The number of piperazine rings is 1. The molecule has 1 atom stereocenters. The summed E-state index contributed by atoms with van der Waals surface area (Å²) in [6.45, 7) is 0.953. The molecule has 1 aliphatic heterocycles. The van der Waals surface area contributed by atoms with E-state index in [0.29, 0.717) is 18.8 Å². The third-order valence-electron chi connectivity index (χ3n) is 3.56. The van der Waals surface area contributed by atoms with Crippen LogP contribution in [0, 0.1) is 0 Å². The molecule has 2 rings (SSSR count). The number of nitrogens with one attached hydrogen (secondary N) is 1. The summed E-state index contributed by atoms with van der Waals surface area (Å²) in [6.07, 6.45) is 0.290. The standard InChI is InChI=1S/C16H20N2O4S/c1-22-14(20)11-23-10-7-13(19)18-9-8-17-16(21)15(18)12-5-3-2-4-6-12/h2-6,15H,7-11H2,1H3,(H,17,21)/t15-/m0/s1. The van der Waals surface area contributed by atoms with Gasteiger partial charge in [0.15, 0.2) is 0 Å². The molecule has 2 amide bonds. The lowest BCUT2D eigenvalue weighted by molar-refractivity contribution is -0.143. The number of ether oxygens (including phenoxy) is 1. The van der Waals surface area contributed by atoms with Gasteiger partial charge >= 0.3 is 5.97 Å². The van der Waals surface area contributed by atoms with Gasteiger partial charge in [0.05, 0.1) is 12.9 Å². The first kappa shape index (κ1) is 17.3. The van der Waals surface area contributed by atoms with Crippen LogP contribution in [0.3, 0.4) is 0 Å². The van der Waals surface area contributed by atoms with Crippen molar-refractivity contribution in [2.75, 3.05) is 31.7 Å². The summed E-state index contributed by atoms with van der Waals surface area (Å²) < 4.78 is 4.55. The Labute approximate surface area is 139 Å². The lowest BCUT2D eigenvalue weighted by Crippen LogP contribution is -2.52. The van der Waals surface area contributed by atoms with Crippen molar-refractivity contribution < 1.29 is 19.1 Å². The Morgan fingerprint density at radius 2 is 2.09 bits per heavy atom. The zero-order valence-electron chi connectivity index (χ0n) is 13.0. The normalized spacial score (nSPS) is 17.5. The van der Waals surface area contributed by atoms with E-state index in [1.54, 1.807) is 4.90 Å². The number of rotatable bonds is 6. The quantitative estimate of drug-likeness (QED) is 0.619. The number of carbonyl (C=O) groups excluding carboxylic acids is 3. The van der Waals surface area contributed by atoms with E-state index in [4.69, 9.17) is 0 Å². The summed E-state index contributed by atoms with van der Waals surface area (Å²) in [6, 6.07) is 8.70. The van der Waals surface area contributed by atoms with E-state index in [9.17, 15) is 14.4 Å². The van der Waals surface area contributed by atoms with Crippen molar-refractivity contribution in [3.63, 3.8) is 0 Å². The molecular weight excluding hydrogens is 316 g/mol. The summed E-state index contributed by atoms with van der Waals surface area (Å²) in [5.74, 6) is 0.214. The average molecular weight is 336 g/mol. The number of hydrogen-bond donors (Lipinski definition) is 1. The van der Waals surface area contributed by atoms with Crippen molar-refractivity contribution in [1.29, 1.82) is 0 Å². The molecule has 1 aromatic carbocycles. The molecule has 0 saturated carbocycles. The predicted molar refractivity (Wildman–Crippen MR) is 87.9 cm³/mol. The maximum Gasteiger partial charge on any atom is 0.315 e. The first-order valence-electron chi connectivity index (χ1n) is 7.40. The molecule has 0 bridgehead atoms. The maximum atomic E-state index is 12.5. The molecular formula is C16H20N2O4S. The predicted octanol–water partition coefficient (Wildman–Crippen LogP) is 0.982. The van der Waals surface area contributed by atoms with E-state index in [2.05, 4.69) is 10.1 Å². The van der Waals surface area contributed by atoms with Gasteiger partial charge in [-0.3, -0.25) is 14.4 Å². The van der Waals surface area contributed by atoms with Gasteiger partial charge in [-0.2, -0.15) is 0 Å². The van der Waals surface area contributed by atoms with Gasteiger partial charge in [-0.1, -0.05) is 30.3 Å². The van der Waals surface area contributed by atoms with Crippen LogP contribution in [0.1, 0.15) is 18.0 Å². The van der Waals surface area contributed by atoms with Crippen LogP contribution in [-0.4, -0.2) is 54.4 Å². The number of thioether (sulfide) groups is 1. The van der Waals surface area contributed by atoms with E-state index in [1.165, 1.54) is 18.9 Å². The zero-order valence-corrected chi connectivity index (χ0v) is 13.8. The van der Waals surface area contributed by atoms with Gasteiger partial charge < -0.3 is 15.0 Å². The molecule has 1 N–H and O–H groups in total. The molecule has 23 heavy (non-hydrogen) atoms. The number of carbonyl (C=O) groups is 3. The summed E-state index contributed by atoms with van der Waals surface area (Å²) in [5, 5.41) is 2.81. The van der Waals surface area contributed by atoms with E-state index >= 15 is 0 Å². The highest BCUT2D eigenvalue weighted by molar-refractivity contribution is 7.99. The van der Waals surface area contributed by atoms with E-state index in [0.717, 1.165) is 5.56 Å². The summed E-state index contributed by atoms with van der Waals surface area (Å²) >= 11 is 1.35. The first-order valence-corrected chi connectivity index (χ1v) is 8.55. The number of hydrogen-bond acceptors (Lipinski definition) is 5. The second-order valence-corrected chi connectivity index (χ2v) is 6.18. The van der Waals surface area contributed by atoms with Crippen molar-refractivity contribution in [2.24, 2.45) is 0 Å². The third-order valence-corrected chi connectivity index (χ3v) is 4.49. The fourth-order valence-electron chi connectivity index (χ4n) is 2.42. The van der Waals surface area contributed by atoms with E-state index in [-0.39, 0.29) is 30.0 Å². The first-order chi connectivity index (χ1) is 11.1. The van der Waals surface area contributed by atoms with Gasteiger partial charge in [0.25, 0.3) is 0 Å². The summed E-state index contributed by atoms with van der Waals surface area (Å²) in [7, 11) is 1.34. The monoisotopic (exact) mass is 336 g/mol. The largest absolute Gasteiger partial charge is 0.468 e. The Morgan fingerprint density at radius 3 is 2.78 bits per heavy atom. The van der Waals surface area contributed by atoms with Crippen LogP contribution in [-0.2, 0) is 19.1 Å². The molecule has 0 aromatic heterocycles. The molecule has 6 nitrogen and oxygen atoms in total. The van der Waals surface area contributed by atoms with Crippen molar-refractivity contribution in [3.05, 3.63) is 35.9 Å². The van der Waals surface area contributed by atoms with Crippen LogP contribution >= 0.6 is 11.8 Å². The minimum atomic E-state index is -0.581. The van der Waals surface area contributed by atoms with Crippen molar-refractivity contribution in [1.82, 2.24) is 10.2 Å². The van der Waals surface area contributed by atoms with Gasteiger partial charge in [-0.15, -0.1) is 11.8 Å². The van der Waals surface area contributed by atoms with Crippen LogP contribution < -0.4 is 5.32 Å². The highest BCUT2D eigenvalue weighted by Crippen LogP contribution is 2.24. The summed E-state index contributed by atoms with van der Waals surface area (Å²) in [4.78, 5) is 37.3. The minimum Gasteiger partial charge on any atom is -0.468 e. The average Bonchev–Trinajstić information content (AvgIpc) is 2.58. The summed E-state index contributed by atoms with van der Waals surface area (Å²) in [5.41, 5.74) is 0.806. The lowest BCUT2D eigenvalue weighted by atomic mass is 10.0. The molecule has 1 aliphatic rings. The smallest absolute Gasteiger partial charge is 0.315 e. The van der Waals surface area contributed by atoms with Crippen molar-refractivity contribution in [3.8, 4) is 0 Å². The molecule has 0 aliphatic carbocycles. The van der Waals surface area contributed by atoms with Gasteiger partial charge in [-0.05, 0) is 5.56 Å². The number of esters is 1. The second-order valence-electron chi connectivity index (χ2n) is 5.07. The number of benzene rings is 1. The van der Waals surface area contributed by atoms with Crippen LogP contribution in [0.2, 0.25) is 0 Å². The van der Waals surface area contributed by atoms with Gasteiger partial charge in [0, 0.05) is 25.3 Å². The fraction of sp³-hybridized carbons (Fsp3) is 0.438. The van der Waals surface area contributed by atoms with Gasteiger partial charge in [-0.25, -0.2) is 0 Å². The van der Waals surface area contributed by atoms with Gasteiger partial charge in [0.2, 0.25) is 11.8 Å². The second kappa shape index (κ2) is 8.57. The van der Waals surface area contributed by atoms with Crippen molar-refractivity contribution >= 4 is 29.5 Å².